The van der Waals surface area contributed by atoms with Gasteiger partial charge in [0.2, 0.25) is 0 Å². The van der Waals surface area contributed by atoms with E-state index in [2.05, 4.69) is 5.32 Å². The first-order chi connectivity index (χ1) is 11.4. The fourth-order valence-electron chi connectivity index (χ4n) is 2.21. The summed E-state index contributed by atoms with van der Waals surface area (Å²) in [4.78, 5) is 26.1. The molecule has 8 heteroatoms. The molecule has 0 radical (unpaired) electrons. The lowest BCUT2D eigenvalue weighted by Crippen LogP contribution is -2.54. The van der Waals surface area contributed by atoms with Crippen molar-refractivity contribution in [3.8, 4) is 0 Å². The Kier molecular flexibility index (Phi) is 4.45. The van der Waals surface area contributed by atoms with E-state index in [1.807, 2.05) is 0 Å². The van der Waals surface area contributed by atoms with Gasteiger partial charge in [-0.05, 0) is 55.5 Å². The average molecular weight is 381 g/mol. The van der Waals surface area contributed by atoms with Crippen LogP contribution in [0.15, 0.2) is 40.3 Å². The summed E-state index contributed by atoms with van der Waals surface area (Å²) in [6.07, 6.45) is 1.36. The molecule has 3 rings (SSSR count). The minimum absolute atomic E-state index is 0.0537. The highest BCUT2D eigenvalue weighted by atomic mass is 35.5. The van der Waals surface area contributed by atoms with Crippen molar-refractivity contribution in [2.24, 2.45) is 0 Å². The number of amides is 2. The number of benzene rings is 1. The van der Waals surface area contributed by atoms with Crippen LogP contribution in [-0.2, 0) is 9.59 Å². The molecule has 24 heavy (non-hydrogen) atoms. The van der Waals surface area contributed by atoms with E-state index >= 15 is 0 Å². The summed E-state index contributed by atoms with van der Waals surface area (Å²) in [6.45, 7) is 1.76. The molecule has 1 aliphatic rings. The minimum Gasteiger partial charge on any atom is -0.462 e. The number of thiocarbonyl (C=S) groups is 1. The second-order valence-electron chi connectivity index (χ2n) is 5.00. The lowest BCUT2D eigenvalue weighted by molar-refractivity contribution is -0.122. The highest BCUT2D eigenvalue weighted by Crippen LogP contribution is 2.31. The van der Waals surface area contributed by atoms with Crippen molar-refractivity contribution in [2.75, 3.05) is 4.90 Å². The molecule has 1 aromatic carbocycles. The number of carbonyl (C=O) groups excluding carboxylic acids is 2. The van der Waals surface area contributed by atoms with Crippen LogP contribution in [0.4, 0.5) is 5.69 Å². The minimum atomic E-state index is -0.597. The van der Waals surface area contributed by atoms with Gasteiger partial charge in [0.15, 0.2) is 5.11 Å². The van der Waals surface area contributed by atoms with Gasteiger partial charge >= 0.3 is 0 Å². The highest BCUT2D eigenvalue weighted by molar-refractivity contribution is 7.80. The molecule has 2 heterocycles. The number of rotatable bonds is 2. The van der Waals surface area contributed by atoms with Crippen LogP contribution in [0.25, 0.3) is 6.08 Å². The van der Waals surface area contributed by atoms with Crippen LogP contribution < -0.4 is 10.2 Å². The van der Waals surface area contributed by atoms with Crippen molar-refractivity contribution in [1.29, 1.82) is 0 Å². The maximum Gasteiger partial charge on any atom is 0.270 e. The molecule has 5 nitrogen and oxygen atoms in total. The fourth-order valence-corrected chi connectivity index (χ4v) is 2.98. The van der Waals surface area contributed by atoms with E-state index in [1.165, 1.54) is 12.1 Å². The molecule has 0 spiro atoms. The second kappa shape index (κ2) is 6.39. The van der Waals surface area contributed by atoms with Crippen molar-refractivity contribution in [3.05, 3.63) is 57.5 Å². The smallest absolute Gasteiger partial charge is 0.270 e. The van der Waals surface area contributed by atoms with Crippen LogP contribution in [0.3, 0.4) is 0 Å². The fraction of sp³-hybridized carbons (Fsp3) is 0.0625. The largest absolute Gasteiger partial charge is 0.462 e. The number of hydrogen-bond acceptors (Lipinski definition) is 4. The number of hydrogen-bond donors (Lipinski definition) is 1. The Labute approximate surface area is 152 Å². The Hall–Kier alpha value is -2.15. The highest BCUT2D eigenvalue weighted by Gasteiger charge is 2.35. The maximum absolute atomic E-state index is 12.8. The van der Waals surface area contributed by atoms with Gasteiger partial charge in [-0.15, -0.1) is 0 Å². The van der Waals surface area contributed by atoms with Crippen molar-refractivity contribution >= 4 is 64.1 Å². The number of nitrogens with one attached hydrogen (secondary N) is 1. The van der Waals surface area contributed by atoms with Crippen LogP contribution in [-0.4, -0.2) is 16.9 Å². The molecule has 0 bridgehead atoms. The number of aryl methyl sites for hydroxylation is 1. The topological polar surface area (TPSA) is 62.6 Å². The van der Waals surface area contributed by atoms with Crippen molar-refractivity contribution in [3.63, 3.8) is 0 Å². The number of nitrogens with zero attached hydrogens (tertiary/aromatic N) is 1. The predicted molar refractivity (Wildman–Crippen MR) is 96.1 cm³/mol. The monoisotopic (exact) mass is 380 g/mol. The third-order valence-electron chi connectivity index (χ3n) is 3.30. The Bertz CT molecular complexity index is 904. The standard InChI is InChI=1S/C16H10Cl2N2O3S/c1-8-2-4-10(23-8)7-11-14(21)19-16(24)20(15(11)22)13-5-3-9(17)6-12(13)18/h2-7H,1H3,(H,19,21,24)/b11-7-. The van der Waals surface area contributed by atoms with E-state index in [1.54, 1.807) is 31.2 Å². The third kappa shape index (κ3) is 3.08. The lowest BCUT2D eigenvalue weighted by Gasteiger charge is -2.29. The molecule has 2 amide bonds. The summed E-state index contributed by atoms with van der Waals surface area (Å²) < 4.78 is 5.39. The summed E-state index contributed by atoms with van der Waals surface area (Å²) in [5.41, 5.74) is 0.224. The lowest BCUT2D eigenvalue weighted by atomic mass is 10.1. The maximum atomic E-state index is 12.8. The van der Waals surface area contributed by atoms with E-state index in [9.17, 15) is 9.59 Å². The van der Waals surface area contributed by atoms with Crippen LogP contribution in [0.2, 0.25) is 10.0 Å². The Balaban J connectivity index is 2.04. The van der Waals surface area contributed by atoms with Gasteiger partial charge < -0.3 is 4.42 Å². The SMILES string of the molecule is Cc1ccc(/C=C2/C(=O)NC(=S)N(c3ccc(Cl)cc3Cl)C2=O)o1. The molecule has 1 fully saturated rings. The number of furan rings is 1. The number of halogens is 2. The third-order valence-corrected chi connectivity index (χ3v) is 4.12. The normalized spacial score (nSPS) is 16.7. The van der Waals surface area contributed by atoms with E-state index in [0.717, 1.165) is 4.90 Å². The van der Waals surface area contributed by atoms with Crippen LogP contribution >= 0.6 is 35.4 Å². The summed E-state index contributed by atoms with van der Waals surface area (Å²) in [5, 5.41) is 3.08. The van der Waals surface area contributed by atoms with E-state index in [0.29, 0.717) is 22.2 Å². The van der Waals surface area contributed by atoms with Crippen molar-refractivity contribution in [1.82, 2.24) is 5.32 Å². The summed E-state index contributed by atoms with van der Waals surface area (Å²) in [5.74, 6) is -0.137. The Morgan fingerprint density at radius 3 is 2.58 bits per heavy atom. The Morgan fingerprint density at radius 1 is 1.21 bits per heavy atom. The molecule has 0 unspecified atom stereocenters. The first-order valence-electron chi connectivity index (χ1n) is 6.80. The van der Waals surface area contributed by atoms with E-state index < -0.39 is 11.8 Å². The molecule has 122 valence electrons. The number of carbonyl (C=O) groups is 2. The second-order valence-corrected chi connectivity index (χ2v) is 6.23. The zero-order chi connectivity index (χ0) is 17.4. The van der Waals surface area contributed by atoms with Gasteiger partial charge in [-0.2, -0.15) is 0 Å². The number of anilines is 1. The molecule has 1 saturated heterocycles. The molecular weight excluding hydrogens is 371 g/mol. The predicted octanol–water partition coefficient (Wildman–Crippen LogP) is 3.73. The molecule has 0 saturated carbocycles. The van der Waals surface area contributed by atoms with Crippen molar-refractivity contribution < 1.29 is 14.0 Å². The molecular formula is C16H10Cl2N2O3S. The Morgan fingerprint density at radius 2 is 1.96 bits per heavy atom. The van der Waals surface area contributed by atoms with Gasteiger partial charge in [0.25, 0.3) is 11.8 Å². The van der Waals surface area contributed by atoms with Gasteiger partial charge in [0, 0.05) is 5.02 Å². The van der Waals surface area contributed by atoms with E-state index in [-0.39, 0.29) is 15.7 Å². The summed E-state index contributed by atoms with van der Waals surface area (Å²) in [6, 6.07) is 8.02. The zero-order valence-corrected chi connectivity index (χ0v) is 14.6. The van der Waals surface area contributed by atoms with Crippen LogP contribution in [0.5, 0.6) is 0 Å². The zero-order valence-electron chi connectivity index (χ0n) is 12.3. The average Bonchev–Trinajstić information content (AvgIpc) is 2.91. The molecule has 1 aliphatic heterocycles. The van der Waals surface area contributed by atoms with Crippen LogP contribution in [0, 0.1) is 6.92 Å². The van der Waals surface area contributed by atoms with Crippen molar-refractivity contribution in [2.45, 2.75) is 6.92 Å². The molecule has 0 atom stereocenters. The molecule has 0 aliphatic carbocycles. The summed E-state index contributed by atoms with van der Waals surface area (Å²) >= 11 is 17.1. The van der Waals surface area contributed by atoms with Gasteiger partial charge in [0.05, 0.1) is 10.7 Å². The quantitative estimate of drug-likeness (QED) is 0.489. The van der Waals surface area contributed by atoms with Gasteiger partial charge in [-0.3, -0.25) is 19.8 Å². The summed E-state index contributed by atoms with van der Waals surface area (Å²) in [7, 11) is 0. The van der Waals surface area contributed by atoms with Gasteiger partial charge in [-0.25, -0.2) is 0 Å². The molecule has 1 aromatic heterocycles. The molecule has 1 N–H and O–H groups in total. The first-order valence-corrected chi connectivity index (χ1v) is 7.96. The van der Waals surface area contributed by atoms with Gasteiger partial charge in [0.1, 0.15) is 17.1 Å². The van der Waals surface area contributed by atoms with Crippen LogP contribution in [0.1, 0.15) is 11.5 Å². The van der Waals surface area contributed by atoms with Gasteiger partial charge in [-0.1, -0.05) is 23.2 Å². The first kappa shape index (κ1) is 16.7. The van der Waals surface area contributed by atoms with E-state index in [4.69, 9.17) is 39.8 Å². The molecule has 2 aromatic rings.